The molecule has 2 aromatic rings. The van der Waals surface area contributed by atoms with Crippen LogP contribution in [0.5, 0.6) is 0 Å². The molecule has 1 aromatic heterocycles. The third-order valence-corrected chi connectivity index (χ3v) is 3.94. The molecule has 0 aliphatic rings. The molecule has 0 fully saturated rings. The van der Waals surface area contributed by atoms with Gasteiger partial charge in [0.2, 0.25) is 0 Å². The van der Waals surface area contributed by atoms with Crippen molar-refractivity contribution in [3.05, 3.63) is 34.1 Å². The quantitative estimate of drug-likeness (QED) is 0.836. The molecule has 2 N–H and O–H groups in total. The van der Waals surface area contributed by atoms with Gasteiger partial charge in [0, 0.05) is 18.5 Å². The van der Waals surface area contributed by atoms with E-state index < -0.39 is 0 Å². The van der Waals surface area contributed by atoms with Crippen LogP contribution in [0.4, 0.5) is 5.82 Å². The number of benzene rings is 1. The second kappa shape index (κ2) is 6.71. The summed E-state index contributed by atoms with van der Waals surface area (Å²) >= 11 is 12.6. The summed E-state index contributed by atoms with van der Waals surface area (Å²) in [7, 11) is 0. The Balaban J connectivity index is 2.59. The van der Waals surface area contributed by atoms with Crippen LogP contribution >= 0.6 is 23.2 Å². The Kier molecular flexibility index (Phi) is 5.17. The lowest BCUT2D eigenvalue weighted by Crippen LogP contribution is -2.11. The van der Waals surface area contributed by atoms with Crippen LogP contribution in [0, 0.1) is 5.92 Å². The first kappa shape index (κ1) is 16.2. The molecular formula is C16H21Cl2N3. The van der Waals surface area contributed by atoms with Gasteiger partial charge in [0.15, 0.2) is 0 Å². The summed E-state index contributed by atoms with van der Waals surface area (Å²) in [4.78, 5) is 4.71. The van der Waals surface area contributed by atoms with Gasteiger partial charge in [-0.1, -0.05) is 50.0 Å². The van der Waals surface area contributed by atoms with Gasteiger partial charge < -0.3 is 10.3 Å². The van der Waals surface area contributed by atoms with Crippen LogP contribution in [0.1, 0.15) is 33.0 Å². The molecule has 114 valence electrons. The van der Waals surface area contributed by atoms with E-state index in [2.05, 4.69) is 25.3 Å². The van der Waals surface area contributed by atoms with Gasteiger partial charge in [-0.05, 0) is 24.5 Å². The standard InChI is InChI=1S/C16H21Cl2N3/c1-4-6-13-20-15(16(19)21(13)9-10(2)3)14-11(17)7-5-8-12(14)18/h5,7-8,10H,4,6,9,19H2,1-3H3. The van der Waals surface area contributed by atoms with E-state index in [9.17, 15) is 0 Å². The van der Waals surface area contributed by atoms with E-state index in [0.29, 0.717) is 27.5 Å². The molecular weight excluding hydrogens is 305 g/mol. The van der Waals surface area contributed by atoms with Crippen LogP contribution < -0.4 is 5.73 Å². The van der Waals surface area contributed by atoms with Crippen molar-refractivity contribution in [2.45, 2.75) is 40.2 Å². The maximum atomic E-state index is 6.34. The lowest BCUT2D eigenvalue weighted by Gasteiger charge is -2.12. The van der Waals surface area contributed by atoms with Gasteiger partial charge in [-0.15, -0.1) is 0 Å². The van der Waals surface area contributed by atoms with E-state index in [1.807, 2.05) is 18.2 Å². The number of halogens is 2. The molecule has 21 heavy (non-hydrogen) atoms. The molecule has 0 aliphatic carbocycles. The number of anilines is 1. The topological polar surface area (TPSA) is 43.8 Å². The fourth-order valence-corrected chi connectivity index (χ4v) is 2.98. The summed E-state index contributed by atoms with van der Waals surface area (Å²) < 4.78 is 2.09. The van der Waals surface area contributed by atoms with Gasteiger partial charge in [-0.2, -0.15) is 0 Å². The van der Waals surface area contributed by atoms with E-state index in [-0.39, 0.29) is 0 Å². The summed E-state index contributed by atoms with van der Waals surface area (Å²) in [6.45, 7) is 7.30. The number of imidazole rings is 1. The summed E-state index contributed by atoms with van der Waals surface area (Å²) in [6, 6.07) is 5.44. The highest BCUT2D eigenvalue weighted by molar-refractivity contribution is 6.39. The molecule has 0 aliphatic heterocycles. The number of nitrogens with zero attached hydrogens (tertiary/aromatic N) is 2. The van der Waals surface area contributed by atoms with E-state index in [4.69, 9.17) is 33.9 Å². The zero-order valence-electron chi connectivity index (χ0n) is 12.7. The molecule has 0 radical (unpaired) electrons. The molecule has 0 unspecified atom stereocenters. The van der Waals surface area contributed by atoms with Crippen LogP contribution in [-0.4, -0.2) is 9.55 Å². The molecule has 0 amide bonds. The maximum Gasteiger partial charge on any atom is 0.131 e. The Hall–Kier alpha value is -1.19. The highest BCUT2D eigenvalue weighted by Gasteiger charge is 2.20. The summed E-state index contributed by atoms with van der Waals surface area (Å²) in [6.07, 6.45) is 1.91. The van der Waals surface area contributed by atoms with Gasteiger partial charge in [0.25, 0.3) is 0 Å². The number of rotatable bonds is 5. The Morgan fingerprint density at radius 3 is 2.38 bits per heavy atom. The average Bonchev–Trinajstić information content (AvgIpc) is 2.68. The highest BCUT2D eigenvalue weighted by Crippen LogP contribution is 2.37. The molecule has 1 aromatic carbocycles. The fourth-order valence-electron chi connectivity index (χ4n) is 2.40. The minimum Gasteiger partial charge on any atom is -0.383 e. The van der Waals surface area contributed by atoms with Gasteiger partial charge in [0.05, 0.1) is 10.0 Å². The van der Waals surface area contributed by atoms with Crippen LogP contribution in [0.15, 0.2) is 18.2 Å². The molecule has 0 spiro atoms. The third-order valence-electron chi connectivity index (χ3n) is 3.31. The van der Waals surface area contributed by atoms with Crippen molar-refractivity contribution < 1.29 is 0 Å². The van der Waals surface area contributed by atoms with Crippen molar-refractivity contribution in [1.82, 2.24) is 9.55 Å². The van der Waals surface area contributed by atoms with Gasteiger partial charge in [-0.25, -0.2) is 4.98 Å². The van der Waals surface area contributed by atoms with E-state index in [1.54, 1.807) is 0 Å². The Labute approximate surface area is 136 Å². The zero-order valence-corrected chi connectivity index (χ0v) is 14.2. The smallest absolute Gasteiger partial charge is 0.131 e. The average molecular weight is 326 g/mol. The first-order chi connectivity index (χ1) is 9.95. The summed E-state index contributed by atoms with van der Waals surface area (Å²) in [5.41, 5.74) is 7.75. The first-order valence-corrected chi connectivity index (χ1v) is 8.00. The third kappa shape index (κ3) is 3.35. The minimum absolute atomic E-state index is 0.492. The van der Waals surface area contributed by atoms with Gasteiger partial charge >= 0.3 is 0 Å². The molecule has 0 bridgehead atoms. The molecule has 3 nitrogen and oxygen atoms in total. The predicted octanol–water partition coefficient (Wildman–Crippen LogP) is 5.05. The Bertz CT molecular complexity index is 612. The molecule has 0 atom stereocenters. The number of hydrogen-bond acceptors (Lipinski definition) is 2. The maximum absolute atomic E-state index is 6.34. The molecule has 0 saturated carbocycles. The monoisotopic (exact) mass is 325 g/mol. The normalized spacial score (nSPS) is 11.3. The van der Waals surface area contributed by atoms with E-state index >= 15 is 0 Å². The van der Waals surface area contributed by atoms with Crippen LogP contribution in [-0.2, 0) is 13.0 Å². The minimum atomic E-state index is 0.492. The van der Waals surface area contributed by atoms with Crippen molar-refractivity contribution in [2.75, 3.05) is 5.73 Å². The number of aryl methyl sites for hydroxylation is 1. The van der Waals surface area contributed by atoms with Crippen molar-refractivity contribution in [2.24, 2.45) is 5.92 Å². The van der Waals surface area contributed by atoms with Crippen molar-refractivity contribution >= 4 is 29.0 Å². The van der Waals surface area contributed by atoms with Crippen LogP contribution in [0.25, 0.3) is 11.3 Å². The number of hydrogen-bond donors (Lipinski definition) is 1. The fraction of sp³-hybridized carbons (Fsp3) is 0.438. The Morgan fingerprint density at radius 1 is 1.24 bits per heavy atom. The number of nitrogens with two attached hydrogens (primary N) is 1. The summed E-state index contributed by atoms with van der Waals surface area (Å²) in [5, 5.41) is 1.15. The molecule has 0 saturated heterocycles. The first-order valence-electron chi connectivity index (χ1n) is 7.24. The zero-order chi connectivity index (χ0) is 15.6. The lowest BCUT2D eigenvalue weighted by atomic mass is 10.1. The SMILES string of the molecule is CCCc1nc(-c2c(Cl)cccc2Cl)c(N)n1CC(C)C. The summed E-state index contributed by atoms with van der Waals surface area (Å²) in [5.74, 6) is 2.13. The lowest BCUT2D eigenvalue weighted by molar-refractivity contribution is 0.510. The van der Waals surface area contributed by atoms with E-state index in [0.717, 1.165) is 30.8 Å². The van der Waals surface area contributed by atoms with Crippen LogP contribution in [0.2, 0.25) is 10.0 Å². The second-order valence-corrected chi connectivity index (χ2v) is 6.43. The van der Waals surface area contributed by atoms with Crippen molar-refractivity contribution in [1.29, 1.82) is 0 Å². The van der Waals surface area contributed by atoms with E-state index in [1.165, 1.54) is 0 Å². The van der Waals surface area contributed by atoms with Gasteiger partial charge in [0.1, 0.15) is 17.3 Å². The van der Waals surface area contributed by atoms with Crippen molar-refractivity contribution in [3.8, 4) is 11.3 Å². The second-order valence-electron chi connectivity index (χ2n) is 5.61. The largest absolute Gasteiger partial charge is 0.383 e. The van der Waals surface area contributed by atoms with Crippen molar-refractivity contribution in [3.63, 3.8) is 0 Å². The Morgan fingerprint density at radius 2 is 1.86 bits per heavy atom. The highest BCUT2D eigenvalue weighted by atomic mass is 35.5. The van der Waals surface area contributed by atoms with Gasteiger partial charge in [-0.3, -0.25) is 0 Å². The molecule has 2 rings (SSSR count). The molecule has 5 heteroatoms. The molecule has 1 heterocycles. The number of aromatic nitrogens is 2. The number of nitrogen functional groups attached to an aromatic ring is 1. The van der Waals surface area contributed by atoms with Crippen LogP contribution in [0.3, 0.4) is 0 Å². The predicted molar refractivity (Wildman–Crippen MR) is 90.9 cm³/mol.